The fourth-order valence-electron chi connectivity index (χ4n) is 1.85. The van der Waals surface area contributed by atoms with Crippen LogP contribution in [-0.2, 0) is 4.79 Å². The number of hydrogen-bond acceptors (Lipinski definition) is 3. The first-order valence-electron chi connectivity index (χ1n) is 6.17. The van der Waals surface area contributed by atoms with Crippen LogP contribution >= 0.6 is 35.6 Å². The van der Waals surface area contributed by atoms with Crippen molar-refractivity contribution in [3.63, 3.8) is 0 Å². The van der Waals surface area contributed by atoms with Crippen LogP contribution in [0.1, 0.15) is 12.8 Å². The van der Waals surface area contributed by atoms with E-state index >= 15 is 0 Å². The Bertz CT molecular complexity index is 467. The van der Waals surface area contributed by atoms with Gasteiger partial charge in [0.25, 0.3) is 5.91 Å². The number of halogens is 3. The molecule has 1 aromatic rings. The third kappa shape index (κ3) is 5.02. The van der Waals surface area contributed by atoms with Crippen LogP contribution in [0.3, 0.4) is 0 Å². The summed E-state index contributed by atoms with van der Waals surface area (Å²) in [6, 6.07) is 4.92. The summed E-state index contributed by atoms with van der Waals surface area (Å²) < 4.78 is 5.36. The molecule has 1 fully saturated rings. The maximum absolute atomic E-state index is 11.7. The van der Waals surface area contributed by atoms with Gasteiger partial charge in [0.1, 0.15) is 5.75 Å². The van der Waals surface area contributed by atoms with Gasteiger partial charge in [0.15, 0.2) is 6.61 Å². The van der Waals surface area contributed by atoms with Gasteiger partial charge in [0.05, 0.1) is 5.02 Å². The van der Waals surface area contributed by atoms with Crippen molar-refractivity contribution in [2.75, 3.05) is 13.2 Å². The van der Waals surface area contributed by atoms with Gasteiger partial charge in [-0.2, -0.15) is 0 Å². The molecule has 1 saturated carbocycles. The van der Waals surface area contributed by atoms with E-state index in [9.17, 15) is 4.79 Å². The van der Waals surface area contributed by atoms with Gasteiger partial charge in [-0.1, -0.05) is 23.2 Å². The smallest absolute Gasteiger partial charge is 0.258 e. The van der Waals surface area contributed by atoms with E-state index in [-0.39, 0.29) is 31.0 Å². The number of amides is 1. The Kier molecular flexibility index (Phi) is 6.89. The molecule has 0 bridgehead atoms. The maximum atomic E-state index is 11.7. The van der Waals surface area contributed by atoms with Gasteiger partial charge in [-0.15, -0.1) is 12.4 Å². The lowest BCUT2D eigenvalue weighted by molar-refractivity contribution is -0.123. The number of nitrogens with one attached hydrogen (secondary N) is 1. The molecule has 1 amide bonds. The standard InChI is InChI=1S/C13H16Cl2N2O2.ClH/c14-9-3-4-10(15)12(5-9)19-7-13(18)17-11(6-16)8-1-2-8;/h3-5,8,11H,1-2,6-7,16H2,(H,17,18);1H. The molecule has 1 aliphatic carbocycles. The third-order valence-corrected chi connectivity index (χ3v) is 3.59. The molecule has 0 aromatic heterocycles. The van der Waals surface area contributed by atoms with Crippen molar-refractivity contribution in [1.82, 2.24) is 5.32 Å². The van der Waals surface area contributed by atoms with Crippen LogP contribution in [0, 0.1) is 5.92 Å². The average molecular weight is 340 g/mol. The summed E-state index contributed by atoms with van der Waals surface area (Å²) in [5.41, 5.74) is 5.62. The molecule has 2 rings (SSSR count). The Hall–Kier alpha value is -0.680. The number of nitrogens with two attached hydrogens (primary N) is 1. The van der Waals surface area contributed by atoms with Gasteiger partial charge in [-0.3, -0.25) is 4.79 Å². The molecule has 0 saturated heterocycles. The Morgan fingerprint density at radius 2 is 2.15 bits per heavy atom. The zero-order valence-corrected chi connectivity index (χ0v) is 13.1. The fraction of sp³-hybridized carbons (Fsp3) is 0.462. The molecular weight excluding hydrogens is 323 g/mol. The second-order valence-electron chi connectivity index (χ2n) is 4.61. The summed E-state index contributed by atoms with van der Waals surface area (Å²) in [6.07, 6.45) is 2.26. The zero-order chi connectivity index (χ0) is 13.8. The monoisotopic (exact) mass is 338 g/mol. The van der Waals surface area contributed by atoms with Crippen molar-refractivity contribution in [3.8, 4) is 5.75 Å². The van der Waals surface area contributed by atoms with E-state index in [2.05, 4.69) is 5.32 Å². The predicted molar refractivity (Wildman–Crippen MR) is 82.9 cm³/mol. The van der Waals surface area contributed by atoms with Gasteiger partial charge in [0, 0.05) is 23.7 Å². The van der Waals surface area contributed by atoms with Gasteiger partial charge < -0.3 is 15.8 Å². The number of carbonyl (C=O) groups is 1. The second kappa shape index (κ2) is 7.93. The predicted octanol–water partition coefficient (Wildman–Crippen LogP) is 2.65. The van der Waals surface area contributed by atoms with Crippen LogP contribution in [0.15, 0.2) is 18.2 Å². The highest BCUT2D eigenvalue weighted by Gasteiger charge is 2.31. The summed E-state index contributed by atoms with van der Waals surface area (Å²) in [5, 5.41) is 3.81. The van der Waals surface area contributed by atoms with Crippen LogP contribution in [0.25, 0.3) is 0 Å². The van der Waals surface area contributed by atoms with E-state index in [4.69, 9.17) is 33.7 Å². The van der Waals surface area contributed by atoms with Crippen molar-refractivity contribution < 1.29 is 9.53 Å². The van der Waals surface area contributed by atoms with Crippen LogP contribution in [0.5, 0.6) is 5.75 Å². The highest BCUT2D eigenvalue weighted by molar-refractivity contribution is 6.34. The fourth-order valence-corrected chi connectivity index (χ4v) is 2.18. The minimum Gasteiger partial charge on any atom is -0.482 e. The van der Waals surface area contributed by atoms with E-state index in [1.54, 1.807) is 18.2 Å². The number of benzene rings is 1. The minimum atomic E-state index is -0.196. The molecule has 112 valence electrons. The third-order valence-electron chi connectivity index (χ3n) is 3.04. The quantitative estimate of drug-likeness (QED) is 0.837. The summed E-state index contributed by atoms with van der Waals surface area (Å²) in [5.74, 6) is 0.724. The Labute approximate surface area is 134 Å². The molecule has 1 unspecified atom stereocenters. The first kappa shape index (κ1) is 17.4. The maximum Gasteiger partial charge on any atom is 0.258 e. The van der Waals surface area contributed by atoms with Crippen LogP contribution < -0.4 is 15.8 Å². The van der Waals surface area contributed by atoms with Crippen molar-refractivity contribution in [3.05, 3.63) is 28.2 Å². The summed E-state index contributed by atoms with van der Waals surface area (Å²) >= 11 is 11.8. The Balaban J connectivity index is 0.00000200. The summed E-state index contributed by atoms with van der Waals surface area (Å²) in [7, 11) is 0. The van der Waals surface area contributed by atoms with E-state index in [0.717, 1.165) is 12.8 Å². The minimum absolute atomic E-state index is 0. The Morgan fingerprint density at radius 1 is 1.45 bits per heavy atom. The summed E-state index contributed by atoms with van der Waals surface area (Å²) in [4.78, 5) is 11.7. The van der Waals surface area contributed by atoms with E-state index < -0.39 is 0 Å². The van der Waals surface area contributed by atoms with Gasteiger partial charge in [0.2, 0.25) is 0 Å². The lowest BCUT2D eigenvalue weighted by atomic mass is 10.2. The number of ether oxygens (including phenoxy) is 1. The average Bonchev–Trinajstić information content (AvgIpc) is 3.21. The number of rotatable bonds is 6. The van der Waals surface area contributed by atoms with Crippen molar-refractivity contribution >= 4 is 41.5 Å². The van der Waals surface area contributed by atoms with Gasteiger partial charge >= 0.3 is 0 Å². The zero-order valence-electron chi connectivity index (χ0n) is 10.8. The highest BCUT2D eigenvalue weighted by atomic mass is 35.5. The molecule has 20 heavy (non-hydrogen) atoms. The van der Waals surface area contributed by atoms with Gasteiger partial charge in [-0.25, -0.2) is 0 Å². The lowest BCUT2D eigenvalue weighted by Crippen LogP contribution is -2.43. The second-order valence-corrected chi connectivity index (χ2v) is 5.45. The lowest BCUT2D eigenvalue weighted by Gasteiger charge is -2.16. The number of hydrogen-bond donors (Lipinski definition) is 2. The molecule has 7 heteroatoms. The molecule has 1 aromatic carbocycles. The molecule has 0 heterocycles. The van der Waals surface area contributed by atoms with Gasteiger partial charge in [-0.05, 0) is 30.9 Å². The Morgan fingerprint density at radius 3 is 2.75 bits per heavy atom. The molecule has 3 N–H and O–H groups in total. The summed E-state index contributed by atoms with van der Waals surface area (Å²) in [6.45, 7) is 0.359. The topological polar surface area (TPSA) is 64.3 Å². The van der Waals surface area contributed by atoms with Crippen LogP contribution in [0.2, 0.25) is 10.0 Å². The van der Waals surface area contributed by atoms with Crippen LogP contribution in [-0.4, -0.2) is 25.1 Å². The van der Waals surface area contributed by atoms with E-state index in [0.29, 0.717) is 28.3 Å². The normalized spacial score (nSPS) is 15.2. The van der Waals surface area contributed by atoms with E-state index in [1.165, 1.54) is 0 Å². The molecule has 1 aliphatic rings. The molecule has 1 atom stereocenters. The highest BCUT2D eigenvalue weighted by Crippen LogP contribution is 2.32. The molecule has 0 radical (unpaired) electrons. The molecular formula is C13H17Cl3N2O2. The van der Waals surface area contributed by atoms with Crippen molar-refractivity contribution in [2.45, 2.75) is 18.9 Å². The largest absolute Gasteiger partial charge is 0.482 e. The van der Waals surface area contributed by atoms with Crippen LogP contribution in [0.4, 0.5) is 0 Å². The SMILES string of the molecule is Cl.NCC(NC(=O)COc1cc(Cl)ccc1Cl)C1CC1. The van der Waals surface area contributed by atoms with Crippen molar-refractivity contribution in [1.29, 1.82) is 0 Å². The number of carbonyl (C=O) groups excluding carboxylic acids is 1. The van der Waals surface area contributed by atoms with E-state index in [1.807, 2.05) is 0 Å². The first-order chi connectivity index (χ1) is 9.10. The first-order valence-corrected chi connectivity index (χ1v) is 6.93. The molecule has 4 nitrogen and oxygen atoms in total. The molecule has 0 aliphatic heterocycles. The van der Waals surface area contributed by atoms with Crippen molar-refractivity contribution in [2.24, 2.45) is 11.7 Å². The molecule has 0 spiro atoms.